The van der Waals surface area contributed by atoms with Crippen LogP contribution in [0.1, 0.15) is 42.6 Å². The third-order valence-corrected chi connectivity index (χ3v) is 5.82. The maximum atomic E-state index is 5.53. The lowest BCUT2D eigenvalue weighted by Gasteiger charge is -2.34. The van der Waals surface area contributed by atoms with Gasteiger partial charge in [0.25, 0.3) is 0 Å². The zero-order chi connectivity index (χ0) is 17.9. The van der Waals surface area contributed by atoms with Crippen molar-refractivity contribution in [2.75, 3.05) is 13.2 Å². The van der Waals surface area contributed by atoms with Gasteiger partial charge in [0, 0.05) is 23.0 Å². The Morgan fingerprint density at radius 2 is 2.08 bits per heavy atom. The minimum absolute atomic E-state index is 0.436. The Morgan fingerprint density at radius 3 is 2.85 bits per heavy atom. The van der Waals surface area contributed by atoms with Crippen molar-refractivity contribution in [1.82, 2.24) is 15.0 Å². The minimum atomic E-state index is 0.436. The molecule has 1 aromatic carbocycles. The molecule has 136 valence electrons. The van der Waals surface area contributed by atoms with Crippen LogP contribution in [-0.4, -0.2) is 28.2 Å². The Morgan fingerprint density at radius 1 is 1.23 bits per heavy atom. The molecule has 0 aliphatic carbocycles. The lowest BCUT2D eigenvalue weighted by molar-refractivity contribution is 0.151. The molecule has 0 spiro atoms. The summed E-state index contributed by atoms with van der Waals surface area (Å²) in [5, 5.41) is 6.36. The van der Waals surface area contributed by atoms with Crippen LogP contribution in [0.25, 0.3) is 11.4 Å². The number of benzene rings is 1. The first-order valence-corrected chi connectivity index (χ1v) is 10.0. The number of thiophene rings is 1. The normalized spacial score (nSPS) is 17.2. The number of hydrogen-bond acceptors (Lipinski definition) is 6. The highest BCUT2D eigenvalue weighted by molar-refractivity contribution is 7.10. The molecule has 1 unspecified atom stereocenters. The molecule has 1 atom stereocenters. The molecule has 3 aromatic rings. The van der Waals surface area contributed by atoms with Gasteiger partial charge in [-0.3, -0.25) is 4.90 Å². The number of fused-ring (bicyclic) bond motifs is 1. The Hall–Kier alpha value is -2.18. The number of nitrogens with zero attached hydrogens (tertiary/aromatic N) is 3. The summed E-state index contributed by atoms with van der Waals surface area (Å²) >= 11 is 1.87. The third-order valence-electron chi connectivity index (χ3n) is 4.82. The van der Waals surface area contributed by atoms with Gasteiger partial charge in [0.1, 0.15) is 5.75 Å². The van der Waals surface area contributed by atoms with Crippen molar-refractivity contribution in [2.45, 2.75) is 39.3 Å². The molecule has 4 rings (SSSR count). The molecular weight excluding hydrogens is 346 g/mol. The molecule has 0 N–H and O–H groups in total. The Kier molecular flexibility index (Phi) is 5.04. The van der Waals surface area contributed by atoms with Gasteiger partial charge in [0.2, 0.25) is 11.7 Å². The van der Waals surface area contributed by atoms with Crippen molar-refractivity contribution >= 4 is 11.3 Å². The number of ether oxygens (including phenoxy) is 1. The molecule has 0 fully saturated rings. The highest BCUT2D eigenvalue weighted by Crippen LogP contribution is 2.36. The number of hydrogen-bond donors (Lipinski definition) is 0. The van der Waals surface area contributed by atoms with Crippen molar-refractivity contribution in [3.63, 3.8) is 0 Å². The molecule has 1 aliphatic heterocycles. The average molecular weight is 369 g/mol. The van der Waals surface area contributed by atoms with Gasteiger partial charge < -0.3 is 9.26 Å². The number of aromatic nitrogens is 2. The quantitative estimate of drug-likeness (QED) is 0.630. The molecule has 5 nitrogen and oxygen atoms in total. The van der Waals surface area contributed by atoms with E-state index in [9.17, 15) is 0 Å². The predicted molar refractivity (Wildman–Crippen MR) is 102 cm³/mol. The first-order chi connectivity index (χ1) is 12.8. The van der Waals surface area contributed by atoms with Crippen LogP contribution in [0, 0.1) is 0 Å². The van der Waals surface area contributed by atoms with Crippen molar-refractivity contribution in [3.8, 4) is 17.1 Å². The smallest absolute Gasteiger partial charge is 0.241 e. The van der Waals surface area contributed by atoms with E-state index in [0.29, 0.717) is 30.9 Å². The van der Waals surface area contributed by atoms with E-state index < -0.39 is 0 Å². The minimum Gasteiger partial charge on any atom is -0.494 e. The fourth-order valence-corrected chi connectivity index (χ4v) is 4.52. The molecule has 0 radical (unpaired) electrons. The van der Waals surface area contributed by atoms with Crippen LogP contribution in [0.2, 0.25) is 0 Å². The summed E-state index contributed by atoms with van der Waals surface area (Å²) in [7, 11) is 0. The van der Waals surface area contributed by atoms with Crippen LogP contribution >= 0.6 is 11.3 Å². The second-order valence-corrected chi connectivity index (χ2v) is 7.41. The van der Waals surface area contributed by atoms with E-state index in [-0.39, 0.29) is 0 Å². The zero-order valence-corrected chi connectivity index (χ0v) is 16.0. The van der Waals surface area contributed by atoms with Gasteiger partial charge in [-0.1, -0.05) is 12.1 Å². The highest BCUT2D eigenvalue weighted by Gasteiger charge is 2.28. The Labute approximate surface area is 157 Å². The van der Waals surface area contributed by atoms with Crippen LogP contribution in [-0.2, 0) is 13.0 Å². The first-order valence-electron chi connectivity index (χ1n) is 9.14. The van der Waals surface area contributed by atoms with Crippen molar-refractivity contribution < 1.29 is 9.26 Å². The van der Waals surface area contributed by atoms with Crippen molar-refractivity contribution in [1.29, 1.82) is 0 Å². The van der Waals surface area contributed by atoms with E-state index in [1.54, 1.807) is 0 Å². The zero-order valence-electron chi connectivity index (χ0n) is 15.1. The maximum Gasteiger partial charge on any atom is 0.241 e. The summed E-state index contributed by atoms with van der Waals surface area (Å²) in [5.74, 6) is 2.15. The van der Waals surface area contributed by atoms with Gasteiger partial charge in [-0.2, -0.15) is 4.98 Å². The largest absolute Gasteiger partial charge is 0.494 e. The van der Waals surface area contributed by atoms with Gasteiger partial charge in [-0.05, 0) is 61.0 Å². The summed E-state index contributed by atoms with van der Waals surface area (Å²) in [6.45, 7) is 6.60. The lowest BCUT2D eigenvalue weighted by Crippen LogP contribution is -2.34. The van der Waals surface area contributed by atoms with E-state index >= 15 is 0 Å². The van der Waals surface area contributed by atoms with E-state index in [2.05, 4.69) is 33.4 Å². The van der Waals surface area contributed by atoms with E-state index in [4.69, 9.17) is 9.26 Å². The highest BCUT2D eigenvalue weighted by atomic mass is 32.1. The summed E-state index contributed by atoms with van der Waals surface area (Å²) in [6, 6.07) is 10.5. The van der Waals surface area contributed by atoms with E-state index in [1.165, 1.54) is 10.4 Å². The van der Waals surface area contributed by atoms with Gasteiger partial charge in [-0.25, -0.2) is 0 Å². The van der Waals surface area contributed by atoms with Crippen molar-refractivity contribution in [2.24, 2.45) is 0 Å². The first kappa shape index (κ1) is 17.2. The lowest BCUT2D eigenvalue weighted by atomic mass is 9.98. The fraction of sp³-hybridized carbons (Fsp3) is 0.400. The fourth-order valence-electron chi connectivity index (χ4n) is 3.59. The molecule has 3 heterocycles. The molecule has 0 bridgehead atoms. The van der Waals surface area contributed by atoms with Gasteiger partial charge >= 0.3 is 0 Å². The second kappa shape index (κ2) is 7.60. The maximum absolute atomic E-state index is 5.53. The molecule has 6 heteroatoms. The molecule has 2 aromatic heterocycles. The average Bonchev–Trinajstić information content (AvgIpc) is 3.32. The SMILES string of the molecule is CCOc1ccc(-c2noc(CN3CCc4sccc4C3CC)n2)cc1. The van der Waals surface area contributed by atoms with Gasteiger partial charge in [0.15, 0.2) is 0 Å². The number of rotatable bonds is 6. The molecule has 1 aliphatic rings. The summed E-state index contributed by atoms with van der Waals surface area (Å²) in [4.78, 5) is 8.58. The van der Waals surface area contributed by atoms with Crippen LogP contribution < -0.4 is 4.74 Å². The summed E-state index contributed by atoms with van der Waals surface area (Å²) in [6.07, 6.45) is 2.19. The monoisotopic (exact) mass is 369 g/mol. The Bertz CT molecular complexity index is 856. The van der Waals surface area contributed by atoms with Crippen molar-refractivity contribution in [3.05, 3.63) is 52.0 Å². The standard InChI is InChI=1S/C20H23N3O2S/c1-3-17-16-10-12-26-18(16)9-11-23(17)13-19-21-20(22-25-19)14-5-7-15(8-6-14)24-4-2/h5-8,10,12,17H,3-4,9,11,13H2,1-2H3. The van der Waals surface area contributed by atoms with Gasteiger partial charge in [-0.15, -0.1) is 11.3 Å². The van der Waals surface area contributed by atoms with Crippen LogP contribution in [0.4, 0.5) is 0 Å². The summed E-state index contributed by atoms with van der Waals surface area (Å²) in [5.41, 5.74) is 2.41. The molecular formula is C20H23N3O2S. The van der Waals surface area contributed by atoms with Crippen LogP contribution in [0.5, 0.6) is 5.75 Å². The van der Waals surface area contributed by atoms with Crippen LogP contribution in [0.15, 0.2) is 40.2 Å². The molecule has 26 heavy (non-hydrogen) atoms. The molecule has 0 saturated carbocycles. The topological polar surface area (TPSA) is 51.4 Å². The van der Waals surface area contributed by atoms with Crippen LogP contribution in [0.3, 0.4) is 0 Å². The third kappa shape index (κ3) is 3.39. The molecule has 0 amide bonds. The van der Waals surface area contributed by atoms with E-state index in [1.807, 2.05) is 42.5 Å². The second-order valence-electron chi connectivity index (χ2n) is 6.41. The summed E-state index contributed by atoms with van der Waals surface area (Å²) < 4.78 is 11.0. The Balaban J connectivity index is 1.48. The molecule has 0 saturated heterocycles. The van der Waals surface area contributed by atoms with Gasteiger partial charge in [0.05, 0.1) is 13.2 Å². The van der Waals surface area contributed by atoms with E-state index in [0.717, 1.165) is 30.7 Å². The predicted octanol–water partition coefficient (Wildman–Crippen LogP) is 4.71.